The van der Waals surface area contributed by atoms with Crippen LogP contribution in [0.25, 0.3) is 0 Å². The van der Waals surface area contributed by atoms with Crippen LogP contribution in [0.5, 0.6) is 17.2 Å². The summed E-state index contributed by atoms with van der Waals surface area (Å²) in [5.74, 6) is -0.249. The first-order valence-corrected chi connectivity index (χ1v) is 41.1. The Hall–Kier alpha value is -11.6. The number of allylic oxidation sites excluding steroid dienone is 1. The quantitative estimate of drug-likeness (QED) is 0.00632. The van der Waals surface area contributed by atoms with E-state index in [0.717, 1.165) is 42.7 Å². The van der Waals surface area contributed by atoms with Crippen molar-refractivity contribution in [2.45, 2.75) is 83.9 Å². The molecule has 129 heavy (non-hydrogen) atoms. The first kappa shape index (κ1) is 103. The highest BCUT2D eigenvalue weighted by Crippen LogP contribution is 2.45. The largest absolute Gasteiger partial charge is 0.494 e. The Balaban J connectivity index is 0.000000232. The van der Waals surface area contributed by atoms with Gasteiger partial charge in [0.1, 0.15) is 59.4 Å². The molecule has 696 valence electrons. The van der Waals surface area contributed by atoms with E-state index in [-0.39, 0.29) is 110 Å². The van der Waals surface area contributed by atoms with E-state index in [0.29, 0.717) is 128 Å². The highest BCUT2D eigenvalue weighted by molar-refractivity contribution is 6.66. The molecule has 0 saturated carbocycles. The number of aliphatic hydroxyl groups is 3. The van der Waals surface area contributed by atoms with Crippen molar-refractivity contribution < 1.29 is 71.4 Å². The highest BCUT2D eigenvalue weighted by Gasteiger charge is 2.35. The van der Waals surface area contributed by atoms with Gasteiger partial charge in [0.05, 0.1) is 156 Å². The lowest BCUT2D eigenvalue weighted by atomic mass is 9.96. The van der Waals surface area contributed by atoms with Gasteiger partial charge in [-0.25, -0.2) is 43.1 Å². The summed E-state index contributed by atoms with van der Waals surface area (Å²) in [4.78, 5) is 84.3. The monoisotopic (exact) mass is 1870 g/mol. The molecule has 0 spiro atoms. The van der Waals surface area contributed by atoms with E-state index in [4.69, 9.17) is 80.6 Å². The van der Waals surface area contributed by atoms with Gasteiger partial charge in [-0.05, 0) is 156 Å². The van der Waals surface area contributed by atoms with E-state index in [9.17, 15) is 48.2 Å². The minimum absolute atomic E-state index is 0. The Bertz CT molecular complexity index is 5410. The average molecular weight is 1870 g/mol. The predicted octanol–water partition coefficient (Wildman–Crippen LogP) is 13.7. The average Bonchev–Trinajstić information content (AvgIpc) is 0.725. The van der Waals surface area contributed by atoms with Crippen LogP contribution in [0.1, 0.15) is 65.7 Å². The summed E-state index contributed by atoms with van der Waals surface area (Å²) in [6.07, 6.45) is 6.07. The van der Waals surface area contributed by atoms with Gasteiger partial charge in [-0.15, -0.1) is 0 Å². The number of morpholine rings is 3. The van der Waals surface area contributed by atoms with Crippen LogP contribution < -0.4 is 71.9 Å². The van der Waals surface area contributed by atoms with Crippen LogP contribution >= 0.6 is 46.4 Å². The first-order chi connectivity index (χ1) is 60.5. The van der Waals surface area contributed by atoms with Gasteiger partial charge in [0.25, 0.3) is 5.69 Å². The lowest BCUT2D eigenvalue weighted by molar-refractivity contribution is -0.384. The maximum Gasteiger partial charge on any atom is 0.294 e. The number of ether oxygens (including phenoxy) is 6. The van der Waals surface area contributed by atoms with Gasteiger partial charge in [0.15, 0.2) is 0 Å². The van der Waals surface area contributed by atoms with Crippen LogP contribution in [0.2, 0.25) is 15.1 Å². The number of carbonyl (C=O) groups is 2. The third-order valence-electron chi connectivity index (χ3n) is 19.5. The van der Waals surface area contributed by atoms with Crippen LogP contribution in [0.3, 0.4) is 0 Å². The van der Waals surface area contributed by atoms with Gasteiger partial charge in [-0.3, -0.25) is 19.7 Å². The molecule has 44 heteroatoms. The number of hydrogen-bond donors (Lipinski definition) is 11. The zero-order chi connectivity index (χ0) is 93.8. The van der Waals surface area contributed by atoms with Gasteiger partial charge in [-0.2, -0.15) is 15.0 Å². The standard InChI is InChI=1S/C29H36ClFN8O4.C26H32ClFN8O5.C26H34ClFN8O3.C3H3ClO.CH4/c1-7-26(40)34-22-12-23(25(42-6)13-24(22)39-8-9-43-15-17(39)14-38(4)5)36-28-33-16-32-27(37-28)35-21-11-19(30)20(31)10-18(21)29(2,3)41;1-26(2,37)16-8-18(28)17(27)9-19(16)31-24-29-14-30-25(33-24)32-20-10-22(36(38)39)21(11-23(20)40-5)35-6-7-41-13-15(35)12-34(3)4;1-26(2,37)16-8-18(28)17(27)9-20(16)32-24-30-14-31-25(34-24)33-21-10-19(29)22(11-23(21)38-5)36-6-7-39-13-15(36)12-35(3)4;1-2-3(4)5;/h7,10-13,16-17,41H,1,8-9,14-15H2,2-6H3,(H,34,40)(H2,32,33,35,36,37);8-11,14-15,37H,6-7,12-13H2,1-5H3,(H2,29,30,31,32,33);8-11,14-15,37H,6-7,12-13,29H2,1-5H3,(H2,30,31,32,33,34);2H,1H2;1H4/t17-;2*15-;;/m000../s1. The molecule has 0 radical (unpaired) electrons. The summed E-state index contributed by atoms with van der Waals surface area (Å²) in [7, 11) is 16.5. The minimum atomic E-state index is -1.40. The third-order valence-corrected chi connectivity index (χ3v) is 20.5. The van der Waals surface area contributed by atoms with E-state index in [1.165, 1.54) is 90.2 Å². The lowest BCUT2D eigenvalue weighted by Gasteiger charge is -2.39. The van der Waals surface area contributed by atoms with Gasteiger partial charge >= 0.3 is 0 Å². The van der Waals surface area contributed by atoms with Crippen LogP contribution in [-0.4, -0.2) is 252 Å². The molecule has 9 aromatic rings. The first-order valence-electron chi connectivity index (χ1n) is 39.6. The fraction of sp³-hybridized carbons (Fsp3) is 0.400. The number of amides is 1. The fourth-order valence-electron chi connectivity index (χ4n) is 13.7. The molecule has 1 amide bonds. The highest BCUT2D eigenvalue weighted by atomic mass is 35.5. The molecule has 3 aliphatic rings. The number of anilines is 17. The SMILES string of the molecule is C.C=CC(=O)Cl.C=CC(=O)Nc1cc(Nc2ncnc(Nc3cc(Cl)c(F)cc3C(C)(C)O)n2)c(OC)cc1N1CCOC[C@@H]1CN(C)C.COc1cc(N2CCOC[C@@H]2CN(C)C)c(N)cc1Nc1ncnc(Nc2cc(Cl)c(F)cc2C(C)(C)O)n1.COc1cc(N2CCOC[C@@H]2CN(C)C)c([N+](=O)[O-])cc1Nc1ncnc(Nc2cc(Cl)c(F)cc2C(C)(C)O)n1. The van der Waals surface area contributed by atoms with E-state index < -0.39 is 44.4 Å². The van der Waals surface area contributed by atoms with Crippen molar-refractivity contribution in [1.82, 2.24) is 59.6 Å². The summed E-state index contributed by atoms with van der Waals surface area (Å²) >= 11 is 22.7. The summed E-state index contributed by atoms with van der Waals surface area (Å²) in [6.45, 7) is 23.0. The maximum atomic E-state index is 14.2. The topological polar surface area (TPSA) is 439 Å². The molecule has 3 aliphatic heterocycles. The number of nitrogens with zero attached hydrogens (tertiary/aromatic N) is 16. The number of nitro groups is 1. The summed E-state index contributed by atoms with van der Waals surface area (Å²) < 4.78 is 76.5. The molecule has 3 aromatic heterocycles. The number of hydrogen-bond acceptors (Lipinski definition) is 35. The van der Waals surface area contributed by atoms with Crippen molar-refractivity contribution in [2.75, 3.05) is 200 Å². The number of nitrogens with two attached hydrogens (primary N) is 1. The molecule has 3 saturated heterocycles. The number of methoxy groups -OCH3 is 3. The molecule has 6 heterocycles. The second kappa shape index (κ2) is 46.1. The normalized spacial score (nSPS) is 15.1. The molecule has 6 aromatic carbocycles. The number of nitrogens with one attached hydrogen (secondary N) is 7. The lowest BCUT2D eigenvalue weighted by Crippen LogP contribution is -2.50. The molecule has 0 unspecified atom stereocenters. The number of nitrogen functional groups attached to an aromatic ring is 1. The summed E-state index contributed by atoms with van der Waals surface area (Å²) in [5, 5.41) is 63.9. The van der Waals surface area contributed by atoms with Crippen LogP contribution in [0, 0.1) is 27.6 Å². The number of rotatable bonds is 31. The Kier molecular flexibility index (Phi) is 36.7. The second-order valence-electron chi connectivity index (χ2n) is 31.5. The van der Waals surface area contributed by atoms with Crippen molar-refractivity contribution in [3.05, 3.63) is 176 Å². The Morgan fingerprint density at radius 1 is 0.504 bits per heavy atom. The maximum absolute atomic E-state index is 14.2. The van der Waals surface area contributed by atoms with E-state index in [1.54, 1.807) is 46.3 Å². The van der Waals surface area contributed by atoms with E-state index >= 15 is 0 Å². The Morgan fingerprint density at radius 3 is 1.10 bits per heavy atom. The molecular formula is C85H109Cl4F3N24O13. The molecule has 37 nitrogen and oxygen atoms in total. The van der Waals surface area contributed by atoms with Crippen molar-refractivity contribution in [3.63, 3.8) is 0 Å². The van der Waals surface area contributed by atoms with Crippen molar-refractivity contribution in [1.29, 1.82) is 0 Å². The number of nitro benzene ring substituents is 1. The van der Waals surface area contributed by atoms with Crippen LogP contribution in [0.4, 0.5) is 117 Å². The molecular weight excluding hydrogens is 1760 g/mol. The zero-order valence-electron chi connectivity index (χ0n) is 73.2. The molecule has 0 bridgehead atoms. The Labute approximate surface area is 766 Å². The van der Waals surface area contributed by atoms with E-state index in [1.807, 2.05) is 64.2 Å². The summed E-state index contributed by atoms with van der Waals surface area (Å²) in [5.41, 5.74) is 8.45. The molecule has 12 N–H and O–H groups in total. The van der Waals surface area contributed by atoms with Gasteiger partial charge < -0.3 is 116 Å². The minimum Gasteiger partial charge on any atom is -0.494 e. The predicted molar refractivity (Wildman–Crippen MR) is 497 cm³/mol. The van der Waals surface area contributed by atoms with Crippen molar-refractivity contribution >= 4 is 161 Å². The van der Waals surface area contributed by atoms with E-state index in [2.05, 4.69) is 115 Å². The number of likely N-dealkylation sites (N-methyl/N-ethyl adjacent to an activating group) is 3. The molecule has 0 aliphatic carbocycles. The number of aromatic nitrogens is 9. The van der Waals surface area contributed by atoms with Crippen molar-refractivity contribution in [2.24, 2.45) is 0 Å². The Morgan fingerprint density at radius 2 is 0.798 bits per heavy atom. The van der Waals surface area contributed by atoms with Gasteiger partial charge in [-0.1, -0.05) is 55.4 Å². The van der Waals surface area contributed by atoms with Crippen LogP contribution in [-0.2, 0) is 40.6 Å². The van der Waals surface area contributed by atoms with Gasteiger partial charge in [0.2, 0.25) is 46.8 Å². The molecule has 3 fully saturated rings. The molecule has 3 atom stereocenters. The summed E-state index contributed by atoms with van der Waals surface area (Å²) in [6, 6.07) is 17.8. The number of carbonyl (C=O) groups excluding carboxylic acids is 2. The number of halogens is 7. The van der Waals surface area contributed by atoms with Crippen molar-refractivity contribution in [3.8, 4) is 17.2 Å². The zero-order valence-corrected chi connectivity index (χ0v) is 76.3. The fourth-order valence-corrected chi connectivity index (χ4v) is 14.2. The molecule has 12 rings (SSSR count). The van der Waals surface area contributed by atoms with Crippen LogP contribution in [0.15, 0.2) is 117 Å². The smallest absolute Gasteiger partial charge is 0.294 e. The third kappa shape index (κ3) is 28.4. The second-order valence-corrected chi connectivity index (χ2v) is 33.1. The number of benzene rings is 6. The van der Waals surface area contributed by atoms with Gasteiger partial charge in [0, 0.05) is 97.3 Å².